The summed E-state index contributed by atoms with van der Waals surface area (Å²) >= 11 is 0. The van der Waals surface area contributed by atoms with E-state index in [1.807, 2.05) is 12.2 Å². The first kappa shape index (κ1) is 10.5. The minimum atomic E-state index is 0.619. The fourth-order valence-corrected chi connectivity index (χ4v) is 1.24. The summed E-state index contributed by atoms with van der Waals surface area (Å²) in [6.45, 7) is 0.657. The van der Waals surface area contributed by atoms with E-state index in [4.69, 9.17) is 5.73 Å². The molecule has 0 amide bonds. The molecule has 0 bridgehead atoms. The highest BCUT2D eigenvalue weighted by Crippen LogP contribution is 2.03. The minimum absolute atomic E-state index is 0.619. The molecule has 16 heavy (non-hydrogen) atoms. The third-order valence-electron chi connectivity index (χ3n) is 2.04. The maximum atomic E-state index is 5.39. The van der Waals surface area contributed by atoms with Gasteiger partial charge in [-0.3, -0.25) is 4.57 Å². The molecule has 2 rings (SSSR count). The van der Waals surface area contributed by atoms with E-state index in [0.717, 1.165) is 12.0 Å². The summed E-state index contributed by atoms with van der Waals surface area (Å²) in [4.78, 5) is 12.4. The highest BCUT2D eigenvalue weighted by Gasteiger charge is 1.97. The third kappa shape index (κ3) is 2.52. The summed E-state index contributed by atoms with van der Waals surface area (Å²) in [6, 6.07) is 0. The van der Waals surface area contributed by atoms with Crippen molar-refractivity contribution in [2.24, 2.45) is 5.73 Å². The maximum absolute atomic E-state index is 5.39. The molecule has 0 unspecified atom stereocenters. The van der Waals surface area contributed by atoms with Gasteiger partial charge in [0, 0.05) is 30.4 Å². The topological polar surface area (TPSA) is 69.6 Å². The number of hydrogen-bond acceptors (Lipinski definition) is 4. The fraction of sp³-hybridized carbons (Fsp3) is 0.182. The van der Waals surface area contributed by atoms with Crippen molar-refractivity contribution in [1.82, 2.24) is 19.5 Å². The lowest BCUT2D eigenvalue weighted by molar-refractivity contribution is 0.923. The first-order valence-corrected chi connectivity index (χ1v) is 5.07. The molecular formula is C11H13N5. The zero-order chi connectivity index (χ0) is 11.2. The number of nitrogens with zero attached hydrogens (tertiary/aromatic N) is 4. The Hall–Kier alpha value is -2.01. The van der Waals surface area contributed by atoms with Gasteiger partial charge in [-0.2, -0.15) is 0 Å². The van der Waals surface area contributed by atoms with Crippen molar-refractivity contribution in [2.75, 3.05) is 6.54 Å². The largest absolute Gasteiger partial charge is 0.330 e. The molecule has 2 aromatic heterocycles. The van der Waals surface area contributed by atoms with Crippen LogP contribution in [0.3, 0.4) is 0 Å². The van der Waals surface area contributed by atoms with Gasteiger partial charge >= 0.3 is 0 Å². The van der Waals surface area contributed by atoms with Crippen LogP contribution in [0.1, 0.15) is 12.0 Å². The van der Waals surface area contributed by atoms with Crippen LogP contribution in [0.5, 0.6) is 0 Å². The Labute approximate surface area is 93.7 Å². The summed E-state index contributed by atoms with van der Waals surface area (Å²) in [6.07, 6.45) is 13.5. The second-order valence-electron chi connectivity index (χ2n) is 3.27. The normalized spacial score (nSPS) is 11.1. The number of hydrogen-bond donors (Lipinski definition) is 1. The zero-order valence-electron chi connectivity index (χ0n) is 8.82. The lowest BCUT2D eigenvalue weighted by Gasteiger charge is -1.99. The lowest BCUT2D eigenvalue weighted by atomic mass is 10.3. The molecule has 82 valence electrons. The van der Waals surface area contributed by atoms with Gasteiger partial charge in [0.2, 0.25) is 5.95 Å². The second-order valence-corrected chi connectivity index (χ2v) is 3.27. The van der Waals surface area contributed by atoms with Crippen molar-refractivity contribution in [2.45, 2.75) is 6.42 Å². The number of nitrogens with two attached hydrogens (primary N) is 1. The van der Waals surface area contributed by atoms with E-state index in [0.29, 0.717) is 12.5 Å². The van der Waals surface area contributed by atoms with Crippen LogP contribution in [-0.4, -0.2) is 26.1 Å². The molecule has 2 heterocycles. The maximum Gasteiger partial charge on any atom is 0.234 e. The number of aromatic nitrogens is 4. The lowest BCUT2D eigenvalue weighted by Crippen LogP contribution is -1.98. The summed E-state index contributed by atoms with van der Waals surface area (Å²) < 4.78 is 1.76. The fourth-order valence-electron chi connectivity index (χ4n) is 1.24. The van der Waals surface area contributed by atoms with E-state index in [-0.39, 0.29) is 0 Å². The smallest absolute Gasteiger partial charge is 0.234 e. The molecule has 0 saturated carbocycles. The van der Waals surface area contributed by atoms with Crippen molar-refractivity contribution in [3.8, 4) is 5.95 Å². The zero-order valence-corrected chi connectivity index (χ0v) is 8.82. The van der Waals surface area contributed by atoms with Crippen molar-refractivity contribution < 1.29 is 0 Å². The summed E-state index contributed by atoms with van der Waals surface area (Å²) in [5.41, 5.74) is 6.36. The Kier molecular flexibility index (Phi) is 3.40. The Morgan fingerprint density at radius 2 is 2.12 bits per heavy atom. The number of rotatable bonds is 4. The van der Waals surface area contributed by atoms with Crippen molar-refractivity contribution in [3.05, 3.63) is 42.8 Å². The van der Waals surface area contributed by atoms with Crippen LogP contribution in [0.25, 0.3) is 12.0 Å². The average Bonchev–Trinajstić information content (AvgIpc) is 2.84. The molecule has 0 atom stereocenters. The van der Waals surface area contributed by atoms with Gasteiger partial charge in [0.1, 0.15) is 6.33 Å². The van der Waals surface area contributed by atoms with Gasteiger partial charge in [0.15, 0.2) is 0 Å². The quantitative estimate of drug-likeness (QED) is 0.826. The van der Waals surface area contributed by atoms with Gasteiger partial charge in [-0.1, -0.05) is 12.2 Å². The van der Waals surface area contributed by atoms with E-state index >= 15 is 0 Å². The third-order valence-corrected chi connectivity index (χ3v) is 2.04. The van der Waals surface area contributed by atoms with Gasteiger partial charge in [0.25, 0.3) is 0 Å². The monoisotopic (exact) mass is 215 g/mol. The predicted molar refractivity (Wildman–Crippen MR) is 61.9 cm³/mol. The van der Waals surface area contributed by atoms with Gasteiger partial charge in [0.05, 0.1) is 0 Å². The molecule has 0 fully saturated rings. The van der Waals surface area contributed by atoms with E-state index in [9.17, 15) is 0 Å². The molecule has 2 N–H and O–H groups in total. The minimum Gasteiger partial charge on any atom is -0.330 e. The molecule has 0 radical (unpaired) electrons. The molecular weight excluding hydrogens is 202 g/mol. The van der Waals surface area contributed by atoms with E-state index in [2.05, 4.69) is 15.0 Å². The van der Waals surface area contributed by atoms with Crippen LogP contribution in [0.4, 0.5) is 0 Å². The van der Waals surface area contributed by atoms with Crippen molar-refractivity contribution in [1.29, 1.82) is 0 Å². The first-order valence-electron chi connectivity index (χ1n) is 5.07. The standard InChI is InChI=1S/C11H13N5/c12-4-2-1-3-10-7-14-11(15-8-10)16-6-5-13-9-16/h1,3,5-9H,2,4,12H2. The van der Waals surface area contributed by atoms with E-state index < -0.39 is 0 Å². The van der Waals surface area contributed by atoms with Crippen LogP contribution in [0.15, 0.2) is 37.2 Å². The Balaban J connectivity index is 2.11. The SMILES string of the molecule is NCCC=Cc1cnc(-n2ccnc2)nc1. The molecule has 0 aliphatic carbocycles. The second kappa shape index (κ2) is 5.18. The molecule has 0 saturated heterocycles. The Morgan fingerprint density at radius 3 is 2.75 bits per heavy atom. The predicted octanol–water partition coefficient (Wildman–Crippen LogP) is 1.02. The number of imidazole rings is 1. The van der Waals surface area contributed by atoms with Gasteiger partial charge in [-0.05, 0) is 13.0 Å². The highest BCUT2D eigenvalue weighted by atomic mass is 15.2. The molecule has 0 spiro atoms. The summed E-state index contributed by atoms with van der Waals surface area (Å²) in [5.74, 6) is 0.619. The highest BCUT2D eigenvalue weighted by molar-refractivity contribution is 5.46. The van der Waals surface area contributed by atoms with Crippen LogP contribution < -0.4 is 5.73 Å². The molecule has 2 aromatic rings. The van der Waals surface area contributed by atoms with Gasteiger partial charge < -0.3 is 5.73 Å². The van der Waals surface area contributed by atoms with Crippen LogP contribution in [-0.2, 0) is 0 Å². The van der Waals surface area contributed by atoms with E-state index in [1.165, 1.54) is 0 Å². The Bertz CT molecular complexity index is 444. The first-order chi connectivity index (χ1) is 7.90. The molecule has 0 aromatic carbocycles. The van der Waals surface area contributed by atoms with E-state index in [1.54, 1.807) is 35.7 Å². The van der Waals surface area contributed by atoms with Crippen LogP contribution in [0, 0.1) is 0 Å². The van der Waals surface area contributed by atoms with Gasteiger partial charge in [-0.15, -0.1) is 0 Å². The molecule has 5 heteroatoms. The molecule has 0 aliphatic heterocycles. The van der Waals surface area contributed by atoms with Crippen molar-refractivity contribution >= 4 is 6.08 Å². The van der Waals surface area contributed by atoms with Crippen LogP contribution in [0.2, 0.25) is 0 Å². The van der Waals surface area contributed by atoms with Gasteiger partial charge in [-0.25, -0.2) is 15.0 Å². The Morgan fingerprint density at radius 1 is 1.31 bits per heavy atom. The average molecular weight is 215 g/mol. The van der Waals surface area contributed by atoms with Crippen molar-refractivity contribution in [3.63, 3.8) is 0 Å². The van der Waals surface area contributed by atoms with Crippen LogP contribution >= 0.6 is 0 Å². The molecule has 5 nitrogen and oxygen atoms in total. The molecule has 0 aliphatic rings. The summed E-state index contributed by atoms with van der Waals surface area (Å²) in [7, 11) is 0. The summed E-state index contributed by atoms with van der Waals surface area (Å²) in [5, 5.41) is 0.